The average molecular weight is 218 g/mol. The molecule has 0 unspecified atom stereocenters. The number of aryl methyl sites for hydroxylation is 1. The molecule has 0 bridgehead atoms. The molecule has 1 amide bonds. The smallest absolute Gasteiger partial charge is 0.219 e. The van der Waals surface area contributed by atoms with Crippen molar-refractivity contribution in [3.63, 3.8) is 0 Å². The molecule has 0 spiro atoms. The summed E-state index contributed by atoms with van der Waals surface area (Å²) in [5.74, 6) is 0.340. The normalized spacial score (nSPS) is 12.9. The van der Waals surface area contributed by atoms with Crippen LogP contribution in [0.3, 0.4) is 0 Å². The van der Waals surface area contributed by atoms with Gasteiger partial charge in [-0.25, -0.2) is 0 Å². The molecule has 0 fully saturated rings. The van der Waals surface area contributed by atoms with Gasteiger partial charge in [-0.3, -0.25) is 4.79 Å². The van der Waals surface area contributed by atoms with Crippen molar-refractivity contribution in [1.82, 2.24) is 0 Å². The van der Waals surface area contributed by atoms with E-state index in [1.165, 1.54) is 0 Å². The third kappa shape index (κ3) is 1.79. The van der Waals surface area contributed by atoms with Gasteiger partial charge in [-0.1, -0.05) is 18.2 Å². The standard InChI is InChI=1S/C12H14N2O2/c1-7-12(9(13)6-11(14)15)8-4-2-3-5-10(8)16-7/h2-5,9H,6,13H2,1H3,(H2,14,15)/t9-/m1/s1. The van der Waals surface area contributed by atoms with Gasteiger partial charge in [0.25, 0.3) is 0 Å². The van der Waals surface area contributed by atoms with Gasteiger partial charge >= 0.3 is 0 Å². The van der Waals surface area contributed by atoms with Crippen molar-refractivity contribution in [2.24, 2.45) is 11.5 Å². The van der Waals surface area contributed by atoms with Crippen molar-refractivity contribution in [2.45, 2.75) is 19.4 Å². The Kier molecular flexibility index (Phi) is 2.66. The summed E-state index contributed by atoms with van der Waals surface area (Å²) < 4.78 is 5.57. The lowest BCUT2D eigenvalue weighted by Gasteiger charge is -2.08. The van der Waals surface area contributed by atoms with Crippen LogP contribution in [0.25, 0.3) is 11.0 Å². The first kappa shape index (κ1) is 10.7. The highest BCUT2D eigenvalue weighted by Crippen LogP contribution is 2.30. The minimum absolute atomic E-state index is 0.129. The summed E-state index contributed by atoms with van der Waals surface area (Å²) in [5.41, 5.74) is 12.7. The molecule has 0 saturated heterocycles. The second-order valence-electron chi connectivity index (χ2n) is 3.85. The van der Waals surface area contributed by atoms with Crippen LogP contribution in [0.5, 0.6) is 0 Å². The first-order chi connectivity index (χ1) is 7.59. The molecule has 0 aliphatic rings. The maximum Gasteiger partial charge on any atom is 0.219 e. The summed E-state index contributed by atoms with van der Waals surface area (Å²) in [4.78, 5) is 10.9. The number of hydrogen-bond acceptors (Lipinski definition) is 3. The van der Waals surface area contributed by atoms with Crippen molar-refractivity contribution in [1.29, 1.82) is 0 Å². The van der Waals surface area contributed by atoms with Gasteiger partial charge in [-0.2, -0.15) is 0 Å². The molecule has 4 heteroatoms. The highest BCUT2D eigenvalue weighted by atomic mass is 16.3. The largest absolute Gasteiger partial charge is 0.461 e. The van der Waals surface area contributed by atoms with E-state index in [0.717, 1.165) is 22.3 Å². The van der Waals surface area contributed by atoms with Crippen LogP contribution in [0.1, 0.15) is 23.8 Å². The summed E-state index contributed by atoms with van der Waals surface area (Å²) in [6, 6.07) is 7.22. The van der Waals surface area contributed by atoms with E-state index >= 15 is 0 Å². The van der Waals surface area contributed by atoms with Crippen LogP contribution >= 0.6 is 0 Å². The number of furan rings is 1. The topological polar surface area (TPSA) is 82.2 Å². The summed E-state index contributed by atoms with van der Waals surface area (Å²) in [6.07, 6.45) is 0.129. The first-order valence-corrected chi connectivity index (χ1v) is 5.11. The predicted octanol–water partition coefficient (Wildman–Crippen LogP) is 1.62. The molecule has 2 rings (SSSR count). The number of nitrogens with two attached hydrogens (primary N) is 2. The van der Waals surface area contributed by atoms with Crippen LogP contribution in [-0.2, 0) is 4.79 Å². The zero-order valence-electron chi connectivity index (χ0n) is 9.07. The summed E-state index contributed by atoms with van der Waals surface area (Å²) in [6.45, 7) is 1.84. The Morgan fingerprint density at radius 2 is 2.12 bits per heavy atom. The molecule has 16 heavy (non-hydrogen) atoms. The summed E-state index contributed by atoms with van der Waals surface area (Å²) in [7, 11) is 0. The molecular formula is C12H14N2O2. The Morgan fingerprint density at radius 3 is 2.81 bits per heavy atom. The van der Waals surface area contributed by atoms with Crippen molar-refractivity contribution in [3.8, 4) is 0 Å². The van der Waals surface area contributed by atoms with Crippen LogP contribution in [0.4, 0.5) is 0 Å². The Labute approximate surface area is 93.2 Å². The molecule has 1 aromatic carbocycles. The van der Waals surface area contributed by atoms with E-state index in [9.17, 15) is 4.79 Å². The minimum atomic E-state index is -0.405. The number of hydrogen-bond donors (Lipinski definition) is 2. The fourth-order valence-corrected chi connectivity index (χ4v) is 1.97. The molecular weight excluding hydrogens is 204 g/mol. The van der Waals surface area contributed by atoms with Crippen LogP contribution < -0.4 is 11.5 Å². The molecule has 1 atom stereocenters. The number of para-hydroxylation sites is 1. The monoisotopic (exact) mass is 218 g/mol. The molecule has 0 aliphatic heterocycles. The summed E-state index contributed by atoms with van der Waals surface area (Å²) >= 11 is 0. The lowest BCUT2D eigenvalue weighted by atomic mass is 10.0. The van der Waals surface area contributed by atoms with E-state index in [-0.39, 0.29) is 6.42 Å². The van der Waals surface area contributed by atoms with Gasteiger partial charge < -0.3 is 15.9 Å². The predicted molar refractivity (Wildman–Crippen MR) is 61.7 cm³/mol. The van der Waals surface area contributed by atoms with Crippen molar-refractivity contribution in [3.05, 3.63) is 35.6 Å². The number of carbonyl (C=O) groups is 1. The number of primary amides is 1. The van der Waals surface area contributed by atoms with Crippen molar-refractivity contribution >= 4 is 16.9 Å². The molecule has 2 aromatic rings. The first-order valence-electron chi connectivity index (χ1n) is 5.11. The van der Waals surface area contributed by atoms with Gasteiger partial charge in [0.15, 0.2) is 0 Å². The molecule has 0 aliphatic carbocycles. The van der Waals surface area contributed by atoms with E-state index in [4.69, 9.17) is 15.9 Å². The molecule has 1 heterocycles. The van der Waals surface area contributed by atoms with E-state index in [1.54, 1.807) is 0 Å². The van der Waals surface area contributed by atoms with Crippen molar-refractivity contribution < 1.29 is 9.21 Å². The van der Waals surface area contributed by atoms with Gasteiger partial charge in [-0.05, 0) is 13.0 Å². The van der Waals surface area contributed by atoms with E-state index in [2.05, 4.69) is 0 Å². The van der Waals surface area contributed by atoms with E-state index in [1.807, 2.05) is 31.2 Å². The fraction of sp³-hybridized carbons (Fsp3) is 0.250. The zero-order valence-corrected chi connectivity index (χ0v) is 9.07. The maximum atomic E-state index is 10.9. The van der Waals surface area contributed by atoms with Crippen molar-refractivity contribution in [2.75, 3.05) is 0 Å². The van der Waals surface area contributed by atoms with E-state index < -0.39 is 11.9 Å². The molecule has 4 nitrogen and oxygen atoms in total. The van der Waals surface area contributed by atoms with E-state index in [0.29, 0.717) is 0 Å². The Hall–Kier alpha value is -1.81. The van der Waals surface area contributed by atoms with Crippen LogP contribution in [-0.4, -0.2) is 5.91 Å². The molecule has 0 saturated carbocycles. The highest BCUT2D eigenvalue weighted by Gasteiger charge is 2.18. The highest BCUT2D eigenvalue weighted by molar-refractivity contribution is 5.84. The number of benzene rings is 1. The minimum Gasteiger partial charge on any atom is -0.461 e. The molecule has 84 valence electrons. The maximum absolute atomic E-state index is 10.9. The second-order valence-corrected chi connectivity index (χ2v) is 3.85. The van der Waals surface area contributed by atoms with Gasteiger partial charge in [-0.15, -0.1) is 0 Å². The number of carbonyl (C=O) groups excluding carboxylic acids is 1. The van der Waals surface area contributed by atoms with Gasteiger partial charge in [0.1, 0.15) is 11.3 Å². The molecule has 1 aromatic heterocycles. The van der Waals surface area contributed by atoms with Gasteiger partial charge in [0.05, 0.1) is 0 Å². The lowest BCUT2D eigenvalue weighted by Crippen LogP contribution is -2.20. The Balaban J connectivity index is 2.50. The third-order valence-corrected chi connectivity index (χ3v) is 2.61. The molecule has 0 radical (unpaired) electrons. The molecule has 4 N–H and O–H groups in total. The number of amides is 1. The van der Waals surface area contributed by atoms with Crippen LogP contribution in [0, 0.1) is 6.92 Å². The number of fused-ring (bicyclic) bond motifs is 1. The van der Waals surface area contributed by atoms with Gasteiger partial charge in [0, 0.05) is 23.4 Å². The number of rotatable bonds is 3. The lowest BCUT2D eigenvalue weighted by molar-refractivity contribution is -0.118. The van der Waals surface area contributed by atoms with Crippen LogP contribution in [0.2, 0.25) is 0 Å². The SMILES string of the molecule is Cc1oc2ccccc2c1[C@H](N)CC(N)=O. The Bertz CT molecular complexity index is 531. The second kappa shape index (κ2) is 3.98. The van der Waals surface area contributed by atoms with Crippen LogP contribution in [0.15, 0.2) is 28.7 Å². The summed E-state index contributed by atoms with van der Waals surface area (Å²) in [5, 5.41) is 0.953. The Morgan fingerprint density at radius 1 is 1.44 bits per heavy atom. The zero-order chi connectivity index (χ0) is 11.7. The van der Waals surface area contributed by atoms with Gasteiger partial charge in [0.2, 0.25) is 5.91 Å². The fourth-order valence-electron chi connectivity index (χ4n) is 1.97. The average Bonchev–Trinajstić information content (AvgIpc) is 2.52. The quantitative estimate of drug-likeness (QED) is 0.821. The third-order valence-electron chi connectivity index (χ3n) is 2.61.